The molecular formula is C13H18BrNO3S. The molecule has 106 valence electrons. The molecule has 0 bridgehead atoms. The van der Waals surface area contributed by atoms with E-state index >= 15 is 0 Å². The monoisotopic (exact) mass is 347 g/mol. The first-order valence-corrected chi connectivity index (χ1v) is 8.71. The molecule has 2 rings (SSSR count). The molecule has 2 unspecified atom stereocenters. The van der Waals surface area contributed by atoms with Crippen molar-refractivity contribution in [1.82, 2.24) is 5.32 Å². The van der Waals surface area contributed by atoms with Gasteiger partial charge in [0.15, 0.2) is 9.84 Å². The Kier molecular flexibility index (Phi) is 5.00. The van der Waals surface area contributed by atoms with Crippen LogP contribution < -0.4 is 5.32 Å². The molecule has 1 heterocycles. The van der Waals surface area contributed by atoms with Crippen molar-refractivity contribution in [2.24, 2.45) is 5.92 Å². The molecule has 0 amide bonds. The molecule has 1 N–H and O–H groups in total. The van der Waals surface area contributed by atoms with Crippen LogP contribution in [0.4, 0.5) is 0 Å². The lowest BCUT2D eigenvalue weighted by Crippen LogP contribution is -2.40. The molecule has 1 aliphatic heterocycles. The van der Waals surface area contributed by atoms with Crippen LogP contribution in [0.1, 0.15) is 6.42 Å². The van der Waals surface area contributed by atoms with Gasteiger partial charge >= 0.3 is 0 Å². The minimum Gasteiger partial charge on any atom is -0.381 e. The van der Waals surface area contributed by atoms with Crippen LogP contribution in [-0.4, -0.2) is 40.5 Å². The molecule has 1 saturated heterocycles. The first-order chi connectivity index (χ1) is 9.04. The zero-order valence-electron chi connectivity index (χ0n) is 10.8. The summed E-state index contributed by atoms with van der Waals surface area (Å²) in [5.41, 5.74) is 0. The van der Waals surface area contributed by atoms with Gasteiger partial charge in [-0.15, -0.1) is 0 Å². The number of rotatable bonds is 5. The summed E-state index contributed by atoms with van der Waals surface area (Å²) < 4.78 is 30.9. The Hall–Kier alpha value is -0.430. The molecule has 4 nitrogen and oxygen atoms in total. The molecule has 1 aliphatic rings. The van der Waals surface area contributed by atoms with Gasteiger partial charge in [0.1, 0.15) is 0 Å². The Morgan fingerprint density at radius 1 is 1.47 bits per heavy atom. The summed E-state index contributed by atoms with van der Waals surface area (Å²) in [5.74, 6) is 0.363. The fourth-order valence-corrected chi connectivity index (χ4v) is 5.12. The van der Waals surface area contributed by atoms with Crippen LogP contribution in [0, 0.1) is 5.92 Å². The fourth-order valence-electron chi connectivity index (χ4n) is 2.35. The number of ether oxygens (including phenoxy) is 1. The van der Waals surface area contributed by atoms with Crippen LogP contribution in [0.5, 0.6) is 0 Å². The summed E-state index contributed by atoms with van der Waals surface area (Å²) in [5, 5.41) is 3.11. The van der Waals surface area contributed by atoms with Crippen molar-refractivity contribution in [1.29, 1.82) is 0 Å². The van der Waals surface area contributed by atoms with E-state index in [9.17, 15) is 8.42 Å². The minimum atomic E-state index is -3.30. The third-order valence-electron chi connectivity index (χ3n) is 3.48. The van der Waals surface area contributed by atoms with Crippen LogP contribution in [0.3, 0.4) is 0 Å². The van der Waals surface area contributed by atoms with E-state index in [2.05, 4.69) is 21.2 Å². The summed E-state index contributed by atoms with van der Waals surface area (Å²) >= 11 is 3.30. The van der Waals surface area contributed by atoms with Crippen LogP contribution in [0.25, 0.3) is 0 Å². The Balaban J connectivity index is 2.18. The first-order valence-electron chi connectivity index (χ1n) is 6.27. The molecule has 1 fully saturated rings. The normalized spacial score (nSPS) is 21.5. The summed E-state index contributed by atoms with van der Waals surface area (Å²) in [7, 11) is -1.50. The number of halogens is 1. The quantitative estimate of drug-likeness (QED) is 0.882. The van der Waals surface area contributed by atoms with E-state index < -0.39 is 9.84 Å². The van der Waals surface area contributed by atoms with E-state index in [1.54, 1.807) is 25.2 Å². The van der Waals surface area contributed by atoms with E-state index in [0.29, 0.717) is 16.0 Å². The zero-order valence-corrected chi connectivity index (χ0v) is 13.2. The number of nitrogens with one attached hydrogen (secondary N) is 1. The number of benzene rings is 1. The summed E-state index contributed by atoms with van der Waals surface area (Å²) in [4.78, 5) is 0.356. The maximum absolute atomic E-state index is 12.5. The van der Waals surface area contributed by atoms with Crippen molar-refractivity contribution in [3.05, 3.63) is 28.7 Å². The summed E-state index contributed by atoms with van der Waals surface area (Å²) in [6.07, 6.45) is 0.914. The van der Waals surface area contributed by atoms with E-state index in [1.807, 2.05) is 6.07 Å². The van der Waals surface area contributed by atoms with Crippen molar-refractivity contribution < 1.29 is 13.2 Å². The molecule has 2 atom stereocenters. The standard InChI is InChI=1S/C13H18BrNO3S/c1-15-12(10-6-7-18-8-10)9-19(16,17)13-5-3-2-4-11(13)14/h2-5,10,12,15H,6-9H2,1H3. The Morgan fingerprint density at radius 2 is 2.21 bits per heavy atom. The number of sulfone groups is 1. The molecule has 0 radical (unpaired) electrons. The molecule has 0 saturated carbocycles. The highest BCUT2D eigenvalue weighted by molar-refractivity contribution is 9.10. The van der Waals surface area contributed by atoms with Crippen LogP contribution in [-0.2, 0) is 14.6 Å². The second kappa shape index (κ2) is 6.35. The lowest BCUT2D eigenvalue weighted by Gasteiger charge is -2.21. The van der Waals surface area contributed by atoms with Crippen LogP contribution in [0.15, 0.2) is 33.6 Å². The molecule has 0 aromatic heterocycles. The highest BCUT2D eigenvalue weighted by Crippen LogP contribution is 2.25. The predicted molar refractivity (Wildman–Crippen MR) is 78.0 cm³/mol. The van der Waals surface area contributed by atoms with Crippen LogP contribution >= 0.6 is 15.9 Å². The van der Waals surface area contributed by atoms with Gasteiger partial charge in [0, 0.05) is 23.0 Å². The molecule has 1 aromatic rings. The van der Waals surface area contributed by atoms with Crippen LogP contribution in [0.2, 0.25) is 0 Å². The minimum absolute atomic E-state index is 0.0698. The van der Waals surface area contributed by atoms with E-state index in [0.717, 1.165) is 13.0 Å². The van der Waals surface area contributed by atoms with Crippen molar-refractivity contribution in [2.75, 3.05) is 26.0 Å². The van der Waals surface area contributed by atoms with Gasteiger partial charge < -0.3 is 10.1 Å². The average molecular weight is 348 g/mol. The Morgan fingerprint density at radius 3 is 2.79 bits per heavy atom. The molecule has 0 spiro atoms. The first kappa shape index (κ1) is 15.0. The van der Waals surface area contributed by atoms with Crippen molar-refractivity contribution >= 4 is 25.8 Å². The molecular weight excluding hydrogens is 330 g/mol. The van der Waals surface area contributed by atoms with Gasteiger partial charge in [0.2, 0.25) is 0 Å². The van der Waals surface area contributed by atoms with Gasteiger partial charge in [-0.3, -0.25) is 0 Å². The molecule has 6 heteroatoms. The average Bonchev–Trinajstić information content (AvgIpc) is 2.90. The Labute approximate surface area is 122 Å². The van der Waals surface area contributed by atoms with Gasteiger partial charge in [0.25, 0.3) is 0 Å². The maximum atomic E-state index is 12.5. The lowest BCUT2D eigenvalue weighted by atomic mass is 10.0. The third-order valence-corrected chi connectivity index (χ3v) is 6.25. The predicted octanol–water partition coefficient (Wildman–Crippen LogP) is 1.85. The SMILES string of the molecule is CNC(CS(=O)(=O)c1ccccc1Br)C1CCOC1. The maximum Gasteiger partial charge on any atom is 0.181 e. The molecule has 0 aliphatic carbocycles. The number of hydrogen-bond acceptors (Lipinski definition) is 4. The van der Waals surface area contributed by atoms with Crippen molar-refractivity contribution in [2.45, 2.75) is 17.4 Å². The number of hydrogen-bond donors (Lipinski definition) is 1. The largest absolute Gasteiger partial charge is 0.381 e. The van der Waals surface area contributed by atoms with Gasteiger partial charge in [-0.2, -0.15) is 0 Å². The lowest BCUT2D eigenvalue weighted by molar-refractivity contribution is 0.179. The summed E-state index contributed by atoms with van der Waals surface area (Å²) in [6.45, 7) is 1.36. The van der Waals surface area contributed by atoms with E-state index in [1.165, 1.54) is 0 Å². The second-order valence-electron chi connectivity index (χ2n) is 4.73. The smallest absolute Gasteiger partial charge is 0.181 e. The van der Waals surface area contributed by atoms with Gasteiger partial charge in [-0.05, 0) is 41.5 Å². The summed E-state index contributed by atoms with van der Waals surface area (Å²) in [6, 6.07) is 6.87. The third kappa shape index (κ3) is 3.56. The van der Waals surface area contributed by atoms with Gasteiger partial charge in [-0.1, -0.05) is 12.1 Å². The fraction of sp³-hybridized carbons (Fsp3) is 0.538. The van der Waals surface area contributed by atoms with Crippen molar-refractivity contribution in [3.8, 4) is 0 Å². The Bertz CT molecular complexity index is 526. The molecule has 1 aromatic carbocycles. The highest BCUT2D eigenvalue weighted by Gasteiger charge is 2.30. The second-order valence-corrected chi connectivity index (χ2v) is 7.59. The van der Waals surface area contributed by atoms with Gasteiger partial charge in [0.05, 0.1) is 17.3 Å². The zero-order chi connectivity index (χ0) is 13.9. The topological polar surface area (TPSA) is 55.4 Å². The highest BCUT2D eigenvalue weighted by atomic mass is 79.9. The van der Waals surface area contributed by atoms with E-state index in [-0.39, 0.29) is 17.7 Å². The van der Waals surface area contributed by atoms with Gasteiger partial charge in [-0.25, -0.2) is 8.42 Å². The molecule has 19 heavy (non-hydrogen) atoms. The van der Waals surface area contributed by atoms with Crippen molar-refractivity contribution in [3.63, 3.8) is 0 Å². The van der Waals surface area contributed by atoms with E-state index in [4.69, 9.17) is 4.74 Å².